The second-order valence-corrected chi connectivity index (χ2v) is 13.2. The van der Waals surface area contributed by atoms with Crippen LogP contribution in [0.15, 0.2) is 60.7 Å². The lowest BCUT2D eigenvalue weighted by Gasteiger charge is -2.34. The predicted octanol–water partition coefficient (Wildman–Crippen LogP) is 3.44. The lowest BCUT2D eigenvalue weighted by Crippen LogP contribution is -2.63. The summed E-state index contributed by atoms with van der Waals surface area (Å²) >= 11 is 3.70. The first kappa shape index (κ1) is 19.2. The number of nitrogens with zero attached hydrogens (tertiary/aromatic N) is 1. The third kappa shape index (κ3) is 2.97. The summed E-state index contributed by atoms with van der Waals surface area (Å²) in [5.74, 6) is 0. The molecule has 3 heteroatoms. The highest BCUT2D eigenvalue weighted by Crippen LogP contribution is 2.29. The van der Waals surface area contributed by atoms with Gasteiger partial charge in [0.2, 0.25) is 0 Å². The molecule has 0 fully saturated rings. The van der Waals surface area contributed by atoms with Gasteiger partial charge in [-0.1, -0.05) is 84.1 Å². The number of hydrogen-bond acceptors (Lipinski definition) is 1. The summed E-state index contributed by atoms with van der Waals surface area (Å²) in [5.41, 5.74) is 6.66. The molecule has 4 rings (SSSR count). The van der Waals surface area contributed by atoms with Crippen molar-refractivity contribution in [3.05, 3.63) is 87.8 Å². The molecule has 1 aliphatic heterocycles. The minimum atomic E-state index is -1.84. The van der Waals surface area contributed by atoms with Gasteiger partial charge in [-0.2, -0.15) is 0 Å². The van der Waals surface area contributed by atoms with Crippen LogP contribution in [-0.2, 0) is 5.33 Å². The van der Waals surface area contributed by atoms with Crippen molar-refractivity contribution >= 4 is 52.2 Å². The Bertz CT molecular complexity index is 1180. The van der Waals surface area contributed by atoms with Gasteiger partial charge in [0.05, 0.1) is 0 Å². The monoisotopic (exact) mass is 447 g/mol. The van der Waals surface area contributed by atoms with Crippen molar-refractivity contribution in [1.82, 2.24) is 0 Å². The minimum absolute atomic E-state index is 0.849. The van der Waals surface area contributed by atoms with Crippen LogP contribution in [0.4, 0.5) is 5.69 Å². The number of fused-ring (bicyclic) bond motifs is 2. The Balaban J connectivity index is 2.19. The van der Waals surface area contributed by atoms with Gasteiger partial charge in [-0.25, -0.2) is 0 Å². The lowest BCUT2D eigenvalue weighted by molar-refractivity contribution is 1.13. The molecule has 0 saturated heterocycles. The molecule has 0 atom stereocenters. The van der Waals surface area contributed by atoms with Crippen LogP contribution in [0.25, 0.3) is 12.2 Å². The van der Waals surface area contributed by atoms with E-state index in [1.807, 2.05) is 0 Å². The van der Waals surface area contributed by atoms with E-state index < -0.39 is 8.07 Å². The van der Waals surface area contributed by atoms with Gasteiger partial charge in [0.25, 0.3) is 0 Å². The average molecular weight is 448 g/mol. The van der Waals surface area contributed by atoms with Gasteiger partial charge >= 0.3 is 0 Å². The van der Waals surface area contributed by atoms with Crippen molar-refractivity contribution < 1.29 is 0 Å². The maximum Gasteiger partial charge on any atom is 0.113 e. The molecule has 0 N–H and O–H groups in total. The molecule has 0 radical (unpaired) electrons. The minimum Gasteiger partial charge on any atom is -0.378 e. The molecule has 1 heterocycles. The van der Waals surface area contributed by atoms with E-state index in [9.17, 15) is 0 Å². The van der Waals surface area contributed by atoms with Crippen molar-refractivity contribution in [1.29, 1.82) is 0 Å². The van der Waals surface area contributed by atoms with Crippen LogP contribution < -0.4 is 25.7 Å². The first-order valence-corrected chi connectivity index (χ1v) is 13.8. The standard InChI is InChI=1S/C25H26BrNSi/c1-17-10-12-21-23(14-17)28(4,5)24-15-19(27(2)3)11-13-22(24)25(21)20-9-7-6-8-18(20)16-26/h6-15H,1,16H2,2-5H3. The van der Waals surface area contributed by atoms with E-state index in [2.05, 4.69) is 115 Å². The summed E-state index contributed by atoms with van der Waals surface area (Å²) in [6.45, 7) is 9.16. The molecule has 1 aliphatic rings. The van der Waals surface area contributed by atoms with Crippen molar-refractivity contribution in [3.8, 4) is 0 Å². The largest absolute Gasteiger partial charge is 0.378 e. The molecule has 0 bridgehead atoms. The molecule has 0 aromatic heterocycles. The fourth-order valence-electron chi connectivity index (χ4n) is 4.33. The first-order valence-electron chi connectivity index (χ1n) is 9.65. The Kier molecular flexibility index (Phi) is 4.84. The average Bonchev–Trinajstić information content (AvgIpc) is 2.69. The summed E-state index contributed by atoms with van der Waals surface area (Å²) in [4.78, 5) is 2.20. The van der Waals surface area contributed by atoms with Crippen LogP contribution in [0.5, 0.6) is 0 Å². The van der Waals surface area contributed by atoms with Gasteiger partial charge in [-0.15, -0.1) is 0 Å². The normalized spacial score (nSPS) is 14.4. The smallest absolute Gasteiger partial charge is 0.113 e. The molecule has 0 unspecified atom stereocenters. The Morgan fingerprint density at radius 3 is 2.36 bits per heavy atom. The van der Waals surface area contributed by atoms with Crippen molar-refractivity contribution in [3.63, 3.8) is 0 Å². The molecule has 0 aliphatic carbocycles. The number of alkyl halides is 1. The predicted molar refractivity (Wildman–Crippen MR) is 129 cm³/mol. The van der Waals surface area contributed by atoms with Gasteiger partial charge in [0, 0.05) is 25.1 Å². The zero-order valence-corrected chi connectivity index (χ0v) is 19.6. The van der Waals surface area contributed by atoms with Crippen LogP contribution in [0.1, 0.15) is 16.7 Å². The molecule has 0 spiro atoms. The van der Waals surface area contributed by atoms with Crippen LogP contribution in [0, 0.1) is 0 Å². The molecule has 0 saturated carbocycles. The molecule has 28 heavy (non-hydrogen) atoms. The quantitative estimate of drug-likeness (QED) is 0.438. The number of halogens is 1. The number of rotatable bonds is 3. The van der Waals surface area contributed by atoms with E-state index in [1.165, 1.54) is 43.5 Å². The maximum atomic E-state index is 4.22. The summed E-state index contributed by atoms with van der Waals surface area (Å²) in [7, 11) is 2.39. The van der Waals surface area contributed by atoms with E-state index in [4.69, 9.17) is 0 Å². The Morgan fingerprint density at radius 2 is 1.64 bits per heavy atom. The van der Waals surface area contributed by atoms with Gasteiger partial charge < -0.3 is 4.90 Å². The van der Waals surface area contributed by atoms with Crippen molar-refractivity contribution in [2.45, 2.75) is 18.4 Å². The van der Waals surface area contributed by atoms with Gasteiger partial charge in [-0.3, -0.25) is 0 Å². The Labute approximate surface area is 177 Å². The van der Waals surface area contributed by atoms with E-state index >= 15 is 0 Å². The second kappa shape index (κ2) is 7.05. The SMILES string of the molecule is C=c1ccc2c(c1)[Si](C)(C)c1cc(N(C)C)ccc1C=2c1ccccc1CBr. The van der Waals surface area contributed by atoms with E-state index in [0.717, 1.165) is 10.5 Å². The number of benzene rings is 3. The van der Waals surface area contributed by atoms with E-state index in [-0.39, 0.29) is 0 Å². The summed E-state index contributed by atoms with van der Waals surface area (Å²) in [6.07, 6.45) is 0. The van der Waals surface area contributed by atoms with Crippen molar-refractivity contribution in [2.24, 2.45) is 0 Å². The molecule has 1 nitrogen and oxygen atoms in total. The van der Waals surface area contributed by atoms with Crippen LogP contribution in [0.3, 0.4) is 0 Å². The molecular formula is C25H26BrNSi. The topological polar surface area (TPSA) is 3.24 Å². The van der Waals surface area contributed by atoms with Crippen LogP contribution in [0.2, 0.25) is 13.1 Å². The maximum absolute atomic E-state index is 4.22. The van der Waals surface area contributed by atoms with Gasteiger partial charge in [0.1, 0.15) is 8.07 Å². The first-order chi connectivity index (χ1) is 13.3. The van der Waals surface area contributed by atoms with Crippen LogP contribution in [-0.4, -0.2) is 22.2 Å². The molecule has 3 aromatic rings. The zero-order valence-electron chi connectivity index (χ0n) is 17.0. The fraction of sp³-hybridized carbons (Fsp3) is 0.200. The van der Waals surface area contributed by atoms with E-state index in [1.54, 1.807) is 0 Å². The molecule has 3 aromatic carbocycles. The third-order valence-corrected chi connectivity index (χ3v) is 10.0. The highest BCUT2D eigenvalue weighted by atomic mass is 79.9. The Morgan fingerprint density at radius 1 is 0.893 bits per heavy atom. The number of hydrogen-bond donors (Lipinski definition) is 0. The summed E-state index contributed by atoms with van der Waals surface area (Å²) < 4.78 is 0. The summed E-state index contributed by atoms with van der Waals surface area (Å²) in [6, 6.07) is 22.5. The Hall–Kier alpha value is -2.10. The van der Waals surface area contributed by atoms with Gasteiger partial charge in [0.15, 0.2) is 0 Å². The van der Waals surface area contributed by atoms with E-state index in [0.29, 0.717) is 0 Å². The zero-order chi connectivity index (χ0) is 20.1. The van der Waals surface area contributed by atoms with Crippen LogP contribution >= 0.6 is 15.9 Å². The van der Waals surface area contributed by atoms with Crippen molar-refractivity contribution in [2.75, 3.05) is 19.0 Å². The molecule has 0 amide bonds. The highest BCUT2D eigenvalue weighted by molar-refractivity contribution is 9.08. The molecular weight excluding hydrogens is 422 g/mol. The second-order valence-electron chi connectivity index (χ2n) is 8.30. The highest BCUT2D eigenvalue weighted by Gasteiger charge is 2.35. The fourth-order valence-corrected chi connectivity index (χ4v) is 7.93. The lowest BCUT2D eigenvalue weighted by atomic mass is 9.91. The molecule has 142 valence electrons. The van der Waals surface area contributed by atoms with Gasteiger partial charge in [-0.05, 0) is 55.2 Å². The summed E-state index contributed by atoms with van der Waals surface area (Å²) in [5, 5.41) is 6.32. The number of anilines is 1. The third-order valence-electron chi connectivity index (χ3n) is 5.92.